The molecule has 0 aliphatic carbocycles. The van der Waals surface area contributed by atoms with Crippen molar-refractivity contribution in [1.29, 1.82) is 0 Å². The van der Waals surface area contributed by atoms with Crippen molar-refractivity contribution in [3.63, 3.8) is 0 Å². The van der Waals surface area contributed by atoms with Gasteiger partial charge in [-0.1, -0.05) is 12.1 Å². The van der Waals surface area contributed by atoms with E-state index >= 15 is 0 Å². The summed E-state index contributed by atoms with van der Waals surface area (Å²) >= 11 is 0. The average molecular weight is 365 g/mol. The molecule has 0 aromatic heterocycles. The van der Waals surface area contributed by atoms with Crippen LogP contribution in [0.1, 0.15) is 31.4 Å². The fourth-order valence-corrected chi connectivity index (χ4v) is 2.62. The highest BCUT2D eigenvalue weighted by Gasteiger charge is 2.27. The summed E-state index contributed by atoms with van der Waals surface area (Å²) in [6, 6.07) is 5.34. The van der Waals surface area contributed by atoms with Gasteiger partial charge in [-0.3, -0.25) is 4.79 Å². The van der Waals surface area contributed by atoms with Crippen LogP contribution in [0, 0.1) is 5.92 Å². The largest absolute Gasteiger partial charge is 0.435 e. The van der Waals surface area contributed by atoms with Crippen molar-refractivity contribution in [3.05, 3.63) is 29.8 Å². The molecule has 2 atom stereocenters. The molecule has 2 rings (SSSR count). The van der Waals surface area contributed by atoms with Gasteiger partial charge in [0.25, 0.3) is 0 Å². The van der Waals surface area contributed by atoms with Crippen LogP contribution in [0.2, 0.25) is 0 Å². The minimum absolute atomic E-state index is 0. The van der Waals surface area contributed by atoms with Crippen molar-refractivity contribution in [2.75, 3.05) is 13.2 Å². The number of hydrogen-bond donors (Lipinski definition) is 2. The van der Waals surface area contributed by atoms with Gasteiger partial charge < -0.3 is 20.5 Å². The van der Waals surface area contributed by atoms with Crippen LogP contribution >= 0.6 is 12.4 Å². The molecule has 1 saturated heterocycles. The second-order valence-corrected chi connectivity index (χ2v) is 5.65. The molecule has 1 aliphatic rings. The van der Waals surface area contributed by atoms with Gasteiger partial charge in [0.05, 0.1) is 12.1 Å². The predicted octanol–water partition coefficient (Wildman–Crippen LogP) is 2.64. The van der Waals surface area contributed by atoms with Crippen molar-refractivity contribution in [2.24, 2.45) is 11.7 Å². The van der Waals surface area contributed by atoms with Crippen molar-refractivity contribution in [1.82, 2.24) is 5.32 Å². The fraction of sp³-hybridized carbons (Fsp3) is 0.562. The lowest BCUT2D eigenvalue weighted by atomic mass is 9.91. The molecule has 5 nitrogen and oxygen atoms in total. The first kappa shape index (κ1) is 20.6. The molecule has 0 radical (unpaired) electrons. The van der Waals surface area contributed by atoms with E-state index in [4.69, 9.17) is 10.5 Å². The van der Waals surface area contributed by atoms with Gasteiger partial charge in [0.1, 0.15) is 5.75 Å². The zero-order valence-electron chi connectivity index (χ0n) is 13.4. The van der Waals surface area contributed by atoms with E-state index in [1.54, 1.807) is 12.1 Å². The van der Waals surface area contributed by atoms with Crippen LogP contribution in [0.4, 0.5) is 8.78 Å². The minimum Gasteiger partial charge on any atom is -0.435 e. The number of alkyl halides is 2. The van der Waals surface area contributed by atoms with Gasteiger partial charge in [-0.05, 0) is 43.4 Å². The first-order chi connectivity index (χ1) is 11.0. The Morgan fingerprint density at radius 1 is 1.29 bits per heavy atom. The zero-order chi connectivity index (χ0) is 16.8. The number of hydrogen-bond acceptors (Lipinski definition) is 4. The second kappa shape index (κ2) is 9.76. The van der Waals surface area contributed by atoms with Gasteiger partial charge in [0.2, 0.25) is 5.91 Å². The maximum absolute atomic E-state index is 12.2. The molecule has 1 aromatic rings. The molecule has 0 bridgehead atoms. The van der Waals surface area contributed by atoms with Gasteiger partial charge in [-0.15, -0.1) is 12.4 Å². The van der Waals surface area contributed by atoms with Gasteiger partial charge in [0.15, 0.2) is 0 Å². The predicted molar refractivity (Wildman–Crippen MR) is 88.4 cm³/mol. The summed E-state index contributed by atoms with van der Waals surface area (Å²) in [4.78, 5) is 12.2. The summed E-state index contributed by atoms with van der Waals surface area (Å²) in [5.41, 5.74) is 6.82. The summed E-state index contributed by atoms with van der Waals surface area (Å²) in [6.07, 6.45) is 1.56. The van der Waals surface area contributed by atoms with Crippen LogP contribution in [-0.4, -0.2) is 31.8 Å². The molecule has 1 aliphatic heterocycles. The van der Waals surface area contributed by atoms with Crippen LogP contribution < -0.4 is 15.8 Å². The molecule has 1 fully saturated rings. The lowest BCUT2D eigenvalue weighted by molar-refractivity contribution is -0.125. The quantitative estimate of drug-likeness (QED) is 0.813. The molecule has 1 amide bonds. The maximum atomic E-state index is 12.2. The SMILES string of the molecule is CC(NC(=O)C(N)C1CCOCC1)c1ccc(OC(F)F)cc1.Cl. The highest BCUT2D eigenvalue weighted by Crippen LogP contribution is 2.21. The number of rotatable bonds is 6. The first-order valence-corrected chi connectivity index (χ1v) is 7.66. The highest BCUT2D eigenvalue weighted by atomic mass is 35.5. The van der Waals surface area contributed by atoms with Crippen molar-refractivity contribution in [2.45, 2.75) is 38.5 Å². The molecule has 2 unspecified atom stereocenters. The molecule has 8 heteroatoms. The highest BCUT2D eigenvalue weighted by molar-refractivity contribution is 5.85. The first-order valence-electron chi connectivity index (χ1n) is 7.66. The summed E-state index contributed by atoms with van der Waals surface area (Å²) in [5, 5.41) is 2.86. The molecule has 136 valence electrons. The minimum atomic E-state index is -2.85. The zero-order valence-corrected chi connectivity index (χ0v) is 14.2. The number of halogens is 3. The van der Waals surface area contributed by atoms with Crippen LogP contribution in [-0.2, 0) is 9.53 Å². The van der Waals surface area contributed by atoms with E-state index in [2.05, 4.69) is 10.1 Å². The fourth-order valence-electron chi connectivity index (χ4n) is 2.62. The summed E-state index contributed by atoms with van der Waals surface area (Å²) in [7, 11) is 0. The van der Waals surface area contributed by atoms with Crippen LogP contribution in [0.3, 0.4) is 0 Å². The average Bonchev–Trinajstić information content (AvgIpc) is 2.55. The molecule has 0 spiro atoms. The van der Waals surface area contributed by atoms with Crippen molar-refractivity contribution >= 4 is 18.3 Å². The number of carbonyl (C=O) groups excluding carboxylic acids is 1. The smallest absolute Gasteiger partial charge is 0.387 e. The van der Waals surface area contributed by atoms with E-state index < -0.39 is 12.7 Å². The Morgan fingerprint density at radius 3 is 2.42 bits per heavy atom. The van der Waals surface area contributed by atoms with Crippen molar-refractivity contribution in [3.8, 4) is 5.75 Å². The Hall–Kier alpha value is -1.44. The molecule has 1 heterocycles. The molecular weight excluding hydrogens is 342 g/mol. The van der Waals surface area contributed by atoms with Crippen LogP contribution in [0.25, 0.3) is 0 Å². The van der Waals surface area contributed by atoms with Crippen LogP contribution in [0.15, 0.2) is 24.3 Å². The number of ether oxygens (including phenoxy) is 2. The Morgan fingerprint density at radius 2 is 1.88 bits per heavy atom. The number of carbonyl (C=O) groups is 1. The Labute approximate surface area is 146 Å². The van der Waals surface area contributed by atoms with Crippen molar-refractivity contribution < 1.29 is 23.0 Å². The third kappa shape index (κ3) is 5.89. The van der Waals surface area contributed by atoms with Gasteiger partial charge in [0, 0.05) is 13.2 Å². The standard InChI is InChI=1S/C16H22F2N2O3.ClH/c1-10(11-2-4-13(5-3-11)23-16(17)18)20-15(21)14(19)12-6-8-22-9-7-12;/h2-5,10,12,14,16H,6-9,19H2,1H3,(H,20,21);1H. The number of nitrogens with two attached hydrogens (primary N) is 1. The Kier molecular flexibility index (Phi) is 8.38. The summed E-state index contributed by atoms with van der Waals surface area (Å²) in [5.74, 6) is -0.00346. The van der Waals surface area contributed by atoms with Gasteiger partial charge >= 0.3 is 6.61 Å². The Bertz CT molecular complexity index is 511. The topological polar surface area (TPSA) is 73.6 Å². The summed E-state index contributed by atoms with van der Waals surface area (Å²) < 4.78 is 33.8. The van der Waals surface area contributed by atoms with Gasteiger partial charge in [-0.25, -0.2) is 0 Å². The third-order valence-corrected chi connectivity index (χ3v) is 4.04. The van der Waals surface area contributed by atoms with Gasteiger partial charge in [-0.2, -0.15) is 8.78 Å². The summed E-state index contributed by atoms with van der Waals surface area (Å²) in [6.45, 7) is 0.229. The van der Waals surface area contributed by atoms with E-state index in [9.17, 15) is 13.6 Å². The Balaban J connectivity index is 0.00000288. The van der Waals surface area contributed by atoms with E-state index in [-0.39, 0.29) is 36.0 Å². The maximum Gasteiger partial charge on any atom is 0.387 e. The lowest BCUT2D eigenvalue weighted by Gasteiger charge is -2.28. The van der Waals surface area contributed by atoms with Crippen LogP contribution in [0.5, 0.6) is 5.75 Å². The third-order valence-electron chi connectivity index (χ3n) is 4.04. The van der Waals surface area contributed by atoms with E-state index in [1.165, 1.54) is 12.1 Å². The molecule has 3 N–H and O–H groups in total. The second-order valence-electron chi connectivity index (χ2n) is 5.65. The normalized spacial score (nSPS) is 17.7. The monoisotopic (exact) mass is 364 g/mol. The lowest BCUT2D eigenvalue weighted by Crippen LogP contribution is -2.47. The molecule has 1 aromatic carbocycles. The number of benzene rings is 1. The van der Waals surface area contributed by atoms with E-state index in [1.807, 2.05) is 6.92 Å². The molecule has 0 saturated carbocycles. The molecule has 24 heavy (non-hydrogen) atoms. The number of nitrogens with one attached hydrogen (secondary N) is 1. The number of amides is 1. The van der Waals surface area contributed by atoms with E-state index in [0.717, 1.165) is 18.4 Å². The molecular formula is C16H23ClF2N2O3. The van der Waals surface area contributed by atoms with E-state index in [0.29, 0.717) is 13.2 Å².